The summed E-state index contributed by atoms with van der Waals surface area (Å²) in [6.07, 6.45) is 0.700. The van der Waals surface area contributed by atoms with Gasteiger partial charge in [-0.3, -0.25) is 4.90 Å². The summed E-state index contributed by atoms with van der Waals surface area (Å²) in [4.78, 5) is 2.54. The van der Waals surface area contributed by atoms with Crippen LogP contribution in [0.5, 0.6) is 0 Å². The molecule has 1 unspecified atom stereocenters. The number of halogens is 2. The van der Waals surface area contributed by atoms with Gasteiger partial charge in [0, 0.05) is 36.5 Å². The molecule has 5 nitrogen and oxygen atoms in total. The zero-order chi connectivity index (χ0) is 19.2. The van der Waals surface area contributed by atoms with Gasteiger partial charge in [-0.15, -0.1) is 12.4 Å². The molecule has 28 heavy (non-hydrogen) atoms. The minimum Gasteiger partial charge on any atom is -0.459 e. The maximum Gasteiger partial charge on any atom is 0.206 e. The third-order valence-electron chi connectivity index (χ3n) is 5.14. The summed E-state index contributed by atoms with van der Waals surface area (Å²) in [5.74, 6) is 0.836. The van der Waals surface area contributed by atoms with Crippen molar-refractivity contribution in [3.63, 3.8) is 0 Å². The van der Waals surface area contributed by atoms with Gasteiger partial charge in [0.2, 0.25) is 9.84 Å². The van der Waals surface area contributed by atoms with Gasteiger partial charge in [0.1, 0.15) is 5.76 Å². The van der Waals surface area contributed by atoms with Crippen molar-refractivity contribution < 1.29 is 17.9 Å². The fourth-order valence-corrected chi connectivity index (χ4v) is 5.17. The van der Waals surface area contributed by atoms with Crippen molar-refractivity contribution in [2.24, 2.45) is 0 Å². The molecule has 2 aromatic carbocycles. The molecule has 0 radical (unpaired) electrons. The van der Waals surface area contributed by atoms with Crippen molar-refractivity contribution in [1.82, 2.24) is 4.90 Å². The number of furan rings is 1. The Hall–Kier alpha value is -1.57. The Labute approximate surface area is 175 Å². The first-order valence-electron chi connectivity index (χ1n) is 8.80. The van der Waals surface area contributed by atoms with Gasteiger partial charge in [-0.2, -0.15) is 0 Å². The second-order valence-corrected chi connectivity index (χ2v) is 9.21. The molecule has 1 atom stereocenters. The standard InChI is InChI=1S/C20H20ClNO4S.ClH/c1-13(12-23)22-8-7-19-17(11-22)16-9-15(10-18(21)20(16)26-19)27(24,25)14-5-3-2-4-6-14;/h2-6,9-10,13,23H,7-8,11-12H2,1H3;1H. The maximum atomic E-state index is 13.0. The van der Waals surface area contributed by atoms with E-state index in [0.717, 1.165) is 23.3 Å². The SMILES string of the molecule is CC(CO)N1CCc2oc3c(Cl)cc(S(=O)(=O)c4ccccc4)cc3c2C1.Cl. The molecule has 1 aliphatic rings. The molecule has 4 rings (SSSR count). The first-order valence-corrected chi connectivity index (χ1v) is 10.7. The van der Waals surface area contributed by atoms with Crippen LogP contribution in [0, 0.1) is 0 Å². The number of hydrogen-bond donors (Lipinski definition) is 1. The Morgan fingerprint density at radius 3 is 2.61 bits per heavy atom. The molecule has 0 saturated carbocycles. The third kappa shape index (κ3) is 3.55. The third-order valence-corrected chi connectivity index (χ3v) is 7.17. The first-order chi connectivity index (χ1) is 12.9. The van der Waals surface area contributed by atoms with Crippen LogP contribution in [0.1, 0.15) is 18.2 Å². The van der Waals surface area contributed by atoms with Gasteiger partial charge >= 0.3 is 0 Å². The summed E-state index contributed by atoms with van der Waals surface area (Å²) in [5.41, 5.74) is 1.47. The Morgan fingerprint density at radius 2 is 1.93 bits per heavy atom. The van der Waals surface area contributed by atoms with Crippen LogP contribution in [0.15, 0.2) is 56.7 Å². The van der Waals surface area contributed by atoms with E-state index in [-0.39, 0.29) is 39.9 Å². The number of rotatable bonds is 4. The average Bonchev–Trinajstić information content (AvgIpc) is 3.06. The monoisotopic (exact) mass is 441 g/mol. The highest BCUT2D eigenvalue weighted by Crippen LogP contribution is 2.38. The van der Waals surface area contributed by atoms with Crippen molar-refractivity contribution in [3.8, 4) is 0 Å². The van der Waals surface area contributed by atoms with Crippen LogP contribution >= 0.6 is 24.0 Å². The molecule has 1 N–H and O–H groups in total. The van der Waals surface area contributed by atoms with E-state index in [4.69, 9.17) is 16.0 Å². The van der Waals surface area contributed by atoms with Crippen LogP contribution in [-0.2, 0) is 22.8 Å². The second kappa shape index (κ2) is 8.05. The van der Waals surface area contributed by atoms with E-state index in [2.05, 4.69) is 4.90 Å². The van der Waals surface area contributed by atoms with Crippen LogP contribution in [0.25, 0.3) is 11.0 Å². The largest absolute Gasteiger partial charge is 0.459 e. The first kappa shape index (κ1) is 21.1. The molecule has 1 aromatic heterocycles. The van der Waals surface area contributed by atoms with Gasteiger partial charge in [0.15, 0.2) is 5.58 Å². The zero-order valence-electron chi connectivity index (χ0n) is 15.3. The minimum atomic E-state index is -3.67. The maximum absolute atomic E-state index is 13.0. The molecule has 2 heterocycles. The second-order valence-electron chi connectivity index (χ2n) is 6.85. The van der Waals surface area contributed by atoms with Gasteiger partial charge in [-0.05, 0) is 31.2 Å². The molecule has 0 spiro atoms. The highest BCUT2D eigenvalue weighted by atomic mass is 35.5. The topological polar surface area (TPSA) is 70.8 Å². The van der Waals surface area contributed by atoms with Crippen LogP contribution in [0.3, 0.4) is 0 Å². The number of hydrogen-bond acceptors (Lipinski definition) is 5. The molecular weight excluding hydrogens is 421 g/mol. The van der Waals surface area contributed by atoms with Gasteiger partial charge < -0.3 is 9.52 Å². The minimum absolute atomic E-state index is 0. The molecule has 0 saturated heterocycles. The van der Waals surface area contributed by atoms with Crippen molar-refractivity contribution in [1.29, 1.82) is 0 Å². The lowest BCUT2D eigenvalue weighted by Gasteiger charge is -2.30. The summed E-state index contributed by atoms with van der Waals surface area (Å²) in [5, 5.41) is 10.5. The molecule has 0 aliphatic carbocycles. The molecular formula is C20H21Cl2NO4S. The normalized spacial score (nSPS) is 15.8. The lowest BCUT2D eigenvalue weighted by molar-refractivity contribution is 0.120. The van der Waals surface area contributed by atoms with Crippen molar-refractivity contribution in [2.45, 2.75) is 35.7 Å². The Balaban J connectivity index is 0.00000225. The highest BCUT2D eigenvalue weighted by molar-refractivity contribution is 7.91. The molecule has 150 valence electrons. The van der Waals surface area contributed by atoms with Gasteiger partial charge in [0.05, 0.1) is 21.4 Å². The van der Waals surface area contributed by atoms with Crippen molar-refractivity contribution in [2.75, 3.05) is 13.2 Å². The predicted octanol–water partition coefficient (Wildman–Crippen LogP) is 4.08. The summed E-state index contributed by atoms with van der Waals surface area (Å²) in [6.45, 7) is 3.40. The molecule has 3 aromatic rings. The summed E-state index contributed by atoms with van der Waals surface area (Å²) < 4.78 is 32.0. The highest BCUT2D eigenvalue weighted by Gasteiger charge is 2.28. The van der Waals surface area contributed by atoms with E-state index in [9.17, 15) is 13.5 Å². The number of aliphatic hydroxyl groups excluding tert-OH is 1. The Kier molecular flexibility index (Phi) is 6.08. The lowest BCUT2D eigenvalue weighted by Crippen LogP contribution is -2.39. The molecule has 0 fully saturated rings. The van der Waals surface area contributed by atoms with Crippen molar-refractivity contribution in [3.05, 3.63) is 58.8 Å². The van der Waals surface area contributed by atoms with E-state index in [1.54, 1.807) is 36.4 Å². The van der Waals surface area contributed by atoms with Crippen LogP contribution in [0.4, 0.5) is 0 Å². The smallest absolute Gasteiger partial charge is 0.206 e. The Bertz CT molecular complexity index is 1100. The quantitative estimate of drug-likeness (QED) is 0.660. The van der Waals surface area contributed by atoms with Crippen molar-refractivity contribution >= 4 is 44.8 Å². The molecule has 0 amide bonds. The van der Waals surface area contributed by atoms with Gasteiger partial charge in [0.25, 0.3) is 0 Å². The Morgan fingerprint density at radius 1 is 1.21 bits per heavy atom. The number of nitrogens with zero attached hydrogens (tertiary/aromatic N) is 1. The van der Waals surface area contributed by atoms with E-state index >= 15 is 0 Å². The number of benzene rings is 2. The zero-order valence-corrected chi connectivity index (χ0v) is 17.6. The summed E-state index contributed by atoms with van der Waals surface area (Å²) in [6, 6.07) is 11.4. The average molecular weight is 442 g/mol. The van der Waals surface area contributed by atoms with Crippen LogP contribution in [-0.4, -0.2) is 37.6 Å². The number of sulfone groups is 1. The molecule has 0 bridgehead atoms. The summed E-state index contributed by atoms with van der Waals surface area (Å²) in [7, 11) is -3.67. The molecule has 1 aliphatic heterocycles. The fourth-order valence-electron chi connectivity index (χ4n) is 3.52. The van der Waals surface area contributed by atoms with Crippen LogP contribution < -0.4 is 0 Å². The number of fused-ring (bicyclic) bond motifs is 3. The van der Waals surface area contributed by atoms with E-state index in [0.29, 0.717) is 18.5 Å². The van der Waals surface area contributed by atoms with E-state index in [1.165, 1.54) is 6.07 Å². The summed E-state index contributed by atoms with van der Waals surface area (Å²) >= 11 is 6.39. The fraction of sp³-hybridized carbons (Fsp3) is 0.300. The van der Waals surface area contributed by atoms with E-state index < -0.39 is 9.84 Å². The van der Waals surface area contributed by atoms with Gasteiger partial charge in [-0.25, -0.2) is 8.42 Å². The number of aliphatic hydroxyl groups is 1. The van der Waals surface area contributed by atoms with Crippen LogP contribution in [0.2, 0.25) is 5.02 Å². The molecule has 8 heteroatoms. The van der Waals surface area contributed by atoms with Gasteiger partial charge in [-0.1, -0.05) is 29.8 Å². The lowest BCUT2D eigenvalue weighted by atomic mass is 10.0. The predicted molar refractivity (Wildman–Crippen MR) is 111 cm³/mol. The van der Waals surface area contributed by atoms with E-state index in [1.807, 2.05) is 6.92 Å².